The first-order valence-electron chi connectivity index (χ1n) is 8.55. The molecule has 4 nitrogen and oxygen atoms in total. The van der Waals surface area contributed by atoms with Gasteiger partial charge in [0.15, 0.2) is 0 Å². The smallest absolute Gasteiger partial charge is 0.251 e. The molecule has 0 spiro atoms. The summed E-state index contributed by atoms with van der Waals surface area (Å²) in [6, 6.07) is 17.9. The first-order chi connectivity index (χ1) is 12.1. The molecule has 25 heavy (non-hydrogen) atoms. The Kier molecular flexibility index (Phi) is 5.29. The Morgan fingerprint density at radius 2 is 1.76 bits per heavy atom. The summed E-state index contributed by atoms with van der Waals surface area (Å²) in [5.74, 6) is 1.30. The van der Waals surface area contributed by atoms with Gasteiger partial charge in [-0.05, 0) is 36.1 Å². The molecule has 0 aliphatic rings. The molecule has 1 aromatic heterocycles. The standard InChI is InChI=1S/C21H23N3O/c1-16(15-24-13-12-22-17(24)2)14-23-21(25)20-10-8-19(9-11-20)18-6-4-3-5-7-18/h3-13,16H,14-15H2,1-2H3,(H,23,25). The molecule has 1 amide bonds. The van der Waals surface area contributed by atoms with E-state index in [9.17, 15) is 4.79 Å². The highest BCUT2D eigenvalue weighted by atomic mass is 16.1. The number of nitrogens with one attached hydrogen (secondary N) is 1. The van der Waals surface area contributed by atoms with Gasteiger partial charge in [-0.15, -0.1) is 0 Å². The number of carbonyl (C=O) groups excluding carboxylic acids is 1. The zero-order valence-corrected chi connectivity index (χ0v) is 14.6. The van der Waals surface area contributed by atoms with Crippen molar-refractivity contribution in [3.8, 4) is 11.1 Å². The number of aryl methyl sites for hydroxylation is 1. The molecule has 128 valence electrons. The highest BCUT2D eigenvalue weighted by Gasteiger charge is 2.09. The van der Waals surface area contributed by atoms with E-state index in [0.29, 0.717) is 18.0 Å². The highest BCUT2D eigenvalue weighted by Crippen LogP contribution is 2.19. The number of amides is 1. The minimum absolute atomic E-state index is 0.0335. The molecule has 0 fully saturated rings. The largest absolute Gasteiger partial charge is 0.352 e. The van der Waals surface area contributed by atoms with Crippen molar-refractivity contribution < 1.29 is 4.79 Å². The Bertz CT molecular complexity index is 822. The lowest BCUT2D eigenvalue weighted by Crippen LogP contribution is -2.30. The molecule has 0 saturated heterocycles. The van der Waals surface area contributed by atoms with Crippen LogP contribution in [0.4, 0.5) is 0 Å². The fraction of sp³-hybridized carbons (Fsp3) is 0.238. The van der Waals surface area contributed by atoms with Gasteiger partial charge in [0.2, 0.25) is 0 Å². The number of hydrogen-bond donors (Lipinski definition) is 1. The molecule has 1 atom stereocenters. The molecule has 0 aliphatic carbocycles. The minimum atomic E-state index is -0.0335. The Labute approximate surface area is 148 Å². The molecular weight excluding hydrogens is 310 g/mol. The summed E-state index contributed by atoms with van der Waals surface area (Å²) in [6.45, 7) is 5.59. The van der Waals surface area contributed by atoms with Gasteiger partial charge in [-0.2, -0.15) is 0 Å². The Balaban J connectivity index is 1.55. The van der Waals surface area contributed by atoms with Crippen LogP contribution in [0.15, 0.2) is 67.0 Å². The summed E-state index contributed by atoms with van der Waals surface area (Å²) in [6.07, 6.45) is 3.77. The van der Waals surface area contributed by atoms with E-state index in [0.717, 1.165) is 23.5 Å². The van der Waals surface area contributed by atoms with Gasteiger partial charge in [0.25, 0.3) is 5.91 Å². The average molecular weight is 333 g/mol. The van der Waals surface area contributed by atoms with Gasteiger partial charge in [0, 0.05) is 31.0 Å². The Morgan fingerprint density at radius 1 is 1.08 bits per heavy atom. The number of benzene rings is 2. The third-order valence-electron chi connectivity index (χ3n) is 4.30. The summed E-state index contributed by atoms with van der Waals surface area (Å²) < 4.78 is 2.10. The Morgan fingerprint density at radius 3 is 2.40 bits per heavy atom. The maximum atomic E-state index is 12.3. The lowest BCUT2D eigenvalue weighted by atomic mass is 10.0. The van der Waals surface area contributed by atoms with Crippen molar-refractivity contribution in [2.24, 2.45) is 5.92 Å². The van der Waals surface area contributed by atoms with Gasteiger partial charge >= 0.3 is 0 Å². The molecule has 1 N–H and O–H groups in total. The van der Waals surface area contributed by atoms with Gasteiger partial charge in [0.1, 0.15) is 5.82 Å². The van der Waals surface area contributed by atoms with Gasteiger partial charge < -0.3 is 9.88 Å². The molecule has 2 aromatic carbocycles. The number of rotatable bonds is 6. The zero-order chi connectivity index (χ0) is 17.6. The van der Waals surface area contributed by atoms with Crippen LogP contribution in [0.5, 0.6) is 0 Å². The highest BCUT2D eigenvalue weighted by molar-refractivity contribution is 5.94. The van der Waals surface area contributed by atoms with Gasteiger partial charge in [0.05, 0.1) is 0 Å². The molecule has 0 saturated carbocycles. The van der Waals surface area contributed by atoms with Crippen molar-refractivity contribution in [2.45, 2.75) is 20.4 Å². The number of aromatic nitrogens is 2. The van der Waals surface area contributed by atoms with E-state index in [1.807, 2.05) is 55.6 Å². The maximum absolute atomic E-state index is 12.3. The van der Waals surface area contributed by atoms with Crippen molar-refractivity contribution in [3.05, 3.63) is 78.4 Å². The van der Waals surface area contributed by atoms with Gasteiger partial charge in [-0.3, -0.25) is 4.79 Å². The van der Waals surface area contributed by atoms with Crippen LogP contribution in [0.2, 0.25) is 0 Å². The zero-order valence-electron chi connectivity index (χ0n) is 14.6. The van der Waals surface area contributed by atoms with Crippen LogP contribution < -0.4 is 5.32 Å². The van der Waals surface area contributed by atoms with E-state index in [1.165, 1.54) is 0 Å². The van der Waals surface area contributed by atoms with Crippen LogP contribution in [0, 0.1) is 12.8 Å². The molecule has 1 heterocycles. The summed E-state index contributed by atoms with van der Waals surface area (Å²) in [7, 11) is 0. The third kappa shape index (κ3) is 4.35. The number of carbonyl (C=O) groups is 1. The lowest BCUT2D eigenvalue weighted by molar-refractivity contribution is 0.0947. The average Bonchev–Trinajstić information content (AvgIpc) is 3.05. The molecule has 1 unspecified atom stereocenters. The molecule has 0 radical (unpaired) electrons. The third-order valence-corrected chi connectivity index (χ3v) is 4.30. The maximum Gasteiger partial charge on any atom is 0.251 e. The Hall–Kier alpha value is -2.88. The molecule has 4 heteroatoms. The van der Waals surface area contributed by atoms with Crippen molar-refractivity contribution in [1.82, 2.24) is 14.9 Å². The van der Waals surface area contributed by atoms with Crippen LogP contribution in [0.25, 0.3) is 11.1 Å². The second kappa shape index (κ2) is 7.79. The number of nitrogens with zero attached hydrogens (tertiary/aromatic N) is 2. The number of hydrogen-bond acceptors (Lipinski definition) is 2. The minimum Gasteiger partial charge on any atom is -0.352 e. The van der Waals surface area contributed by atoms with Gasteiger partial charge in [-0.25, -0.2) is 4.98 Å². The van der Waals surface area contributed by atoms with Crippen LogP contribution in [-0.2, 0) is 6.54 Å². The predicted molar refractivity (Wildman–Crippen MR) is 100 cm³/mol. The first-order valence-corrected chi connectivity index (χ1v) is 8.55. The van der Waals surface area contributed by atoms with E-state index in [-0.39, 0.29) is 5.91 Å². The normalized spacial score (nSPS) is 11.9. The number of imidazole rings is 1. The van der Waals surface area contributed by atoms with Crippen molar-refractivity contribution in [1.29, 1.82) is 0 Å². The SMILES string of the molecule is Cc1nccn1CC(C)CNC(=O)c1ccc(-c2ccccc2)cc1. The van der Waals surface area contributed by atoms with Crippen molar-refractivity contribution >= 4 is 5.91 Å². The second-order valence-electron chi connectivity index (χ2n) is 6.39. The van der Waals surface area contributed by atoms with Crippen molar-refractivity contribution in [2.75, 3.05) is 6.54 Å². The predicted octanol–water partition coefficient (Wildman–Crippen LogP) is 3.92. The van der Waals surface area contributed by atoms with Crippen LogP contribution in [0.1, 0.15) is 23.1 Å². The van der Waals surface area contributed by atoms with Gasteiger partial charge in [-0.1, -0.05) is 49.4 Å². The summed E-state index contributed by atoms with van der Waals surface area (Å²) in [5.41, 5.74) is 2.95. The van der Waals surface area contributed by atoms with E-state index in [2.05, 4.69) is 33.9 Å². The van der Waals surface area contributed by atoms with Crippen molar-refractivity contribution in [3.63, 3.8) is 0 Å². The van der Waals surface area contributed by atoms with E-state index >= 15 is 0 Å². The monoisotopic (exact) mass is 333 g/mol. The molecular formula is C21H23N3O. The summed E-state index contributed by atoms with van der Waals surface area (Å²) in [5, 5.41) is 3.02. The lowest BCUT2D eigenvalue weighted by Gasteiger charge is -2.14. The topological polar surface area (TPSA) is 46.9 Å². The second-order valence-corrected chi connectivity index (χ2v) is 6.39. The molecule has 3 rings (SSSR count). The molecule has 3 aromatic rings. The summed E-state index contributed by atoms with van der Waals surface area (Å²) in [4.78, 5) is 16.6. The first kappa shape index (κ1) is 17.0. The van der Waals surface area contributed by atoms with E-state index < -0.39 is 0 Å². The summed E-state index contributed by atoms with van der Waals surface area (Å²) >= 11 is 0. The molecule has 0 aliphatic heterocycles. The van der Waals surface area contributed by atoms with Crippen LogP contribution in [-0.4, -0.2) is 22.0 Å². The fourth-order valence-electron chi connectivity index (χ4n) is 2.81. The fourth-order valence-corrected chi connectivity index (χ4v) is 2.81. The quantitative estimate of drug-likeness (QED) is 0.743. The van der Waals surface area contributed by atoms with Crippen LogP contribution in [0.3, 0.4) is 0 Å². The van der Waals surface area contributed by atoms with Crippen LogP contribution >= 0.6 is 0 Å². The molecule has 0 bridgehead atoms. The van der Waals surface area contributed by atoms with E-state index in [1.54, 1.807) is 6.20 Å². The van der Waals surface area contributed by atoms with E-state index in [4.69, 9.17) is 0 Å².